The molecule has 1 N–H and O–H groups in total. The Hall–Kier alpha value is -2.51. The van der Waals surface area contributed by atoms with Gasteiger partial charge in [0.05, 0.1) is 10.9 Å². The molecule has 0 saturated carbocycles. The monoisotopic (exact) mass is 464 g/mol. The summed E-state index contributed by atoms with van der Waals surface area (Å²) >= 11 is 1.82. The van der Waals surface area contributed by atoms with Crippen molar-refractivity contribution in [3.8, 4) is 0 Å². The summed E-state index contributed by atoms with van der Waals surface area (Å²) in [5.74, 6) is 1.29. The van der Waals surface area contributed by atoms with Crippen LogP contribution in [-0.4, -0.2) is 40.0 Å². The molecule has 1 saturated heterocycles. The number of piperidine rings is 1. The summed E-state index contributed by atoms with van der Waals surface area (Å²) in [5, 5.41) is 5.86. The van der Waals surface area contributed by atoms with E-state index in [0.29, 0.717) is 28.9 Å². The smallest absolute Gasteiger partial charge is 0.261 e. The fourth-order valence-corrected chi connectivity index (χ4v) is 5.79. The van der Waals surface area contributed by atoms with Crippen molar-refractivity contribution >= 4 is 28.1 Å². The Labute approximate surface area is 198 Å². The molecule has 0 atom stereocenters. The van der Waals surface area contributed by atoms with Crippen LogP contribution in [0.3, 0.4) is 0 Å². The second-order valence-corrected chi connectivity index (χ2v) is 10.4. The highest BCUT2D eigenvalue weighted by Crippen LogP contribution is 2.21. The predicted octanol–water partition coefficient (Wildman–Crippen LogP) is 4.22. The Kier molecular flexibility index (Phi) is 6.88. The van der Waals surface area contributed by atoms with Crippen molar-refractivity contribution in [3.05, 3.63) is 62.3 Å². The second kappa shape index (κ2) is 10.2. The van der Waals surface area contributed by atoms with Crippen molar-refractivity contribution in [3.63, 3.8) is 0 Å². The molecule has 1 fully saturated rings. The van der Waals surface area contributed by atoms with Crippen LogP contribution in [0.15, 0.2) is 40.5 Å². The molecule has 174 valence electrons. The first kappa shape index (κ1) is 22.3. The first-order valence-corrected chi connectivity index (χ1v) is 13.1. The lowest BCUT2D eigenvalue weighted by Gasteiger charge is -2.31. The Morgan fingerprint density at radius 3 is 2.76 bits per heavy atom. The zero-order chi connectivity index (χ0) is 22.6. The maximum atomic E-state index is 13.0. The first-order valence-electron chi connectivity index (χ1n) is 12.2. The fourth-order valence-electron chi connectivity index (χ4n) is 5.05. The van der Waals surface area contributed by atoms with E-state index in [1.165, 1.54) is 11.3 Å². The molecule has 4 heterocycles. The molecule has 0 radical (unpaired) electrons. The standard InChI is InChI=1S/C26H32N4O2S/c31-25(27-17-19-10-13-29(14-11-19)18-21-6-5-15-33-21)20-8-9-22-23(16-20)28-24-7-3-1-2-4-12-30(24)26(22)32/h5-6,8-9,15-16,19H,1-4,7,10-14,17-18H2,(H,27,31). The molecule has 2 aliphatic heterocycles. The number of aryl methyl sites for hydroxylation is 1. The Morgan fingerprint density at radius 1 is 1.09 bits per heavy atom. The van der Waals surface area contributed by atoms with Gasteiger partial charge in [0.15, 0.2) is 0 Å². The quantitative estimate of drug-likeness (QED) is 0.614. The van der Waals surface area contributed by atoms with E-state index in [-0.39, 0.29) is 11.5 Å². The summed E-state index contributed by atoms with van der Waals surface area (Å²) < 4.78 is 1.84. The normalized spacial score (nSPS) is 17.9. The molecule has 5 rings (SSSR count). The maximum Gasteiger partial charge on any atom is 0.261 e. The number of carbonyl (C=O) groups is 1. The van der Waals surface area contributed by atoms with Crippen molar-refractivity contribution in [2.24, 2.45) is 5.92 Å². The van der Waals surface area contributed by atoms with Gasteiger partial charge in [0.1, 0.15) is 5.82 Å². The van der Waals surface area contributed by atoms with Crippen LogP contribution in [0.25, 0.3) is 10.9 Å². The van der Waals surface area contributed by atoms with Gasteiger partial charge in [-0.15, -0.1) is 11.3 Å². The lowest BCUT2D eigenvalue weighted by Crippen LogP contribution is -2.38. The lowest BCUT2D eigenvalue weighted by molar-refractivity contribution is 0.0935. The minimum atomic E-state index is -0.0773. The Bertz CT molecular complexity index is 1160. The van der Waals surface area contributed by atoms with Crippen LogP contribution in [0.4, 0.5) is 0 Å². The van der Waals surface area contributed by atoms with E-state index in [2.05, 4.69) is 27.7 Å². The zero-order valence-electron chi connectivity index (χ0n) is 19.1. The number of aromatic nitrogens is 2. The fraction of sp³-hybridized carbons (Fsp3) is 0.500. The second-order valence-electron chi connectivity index (χ2n) is 9.39. The van der Waals surface area contributed by atoms with Crippen LogP contribution in [0.1, 0.15) is 59.6 Å². The number of thiophene rings is 1. The highest BCUT2D eigenvalue weighted by Gasteiger charge is 2.21. The Balaban J connectivity index is 1.21. The van der Waals surface area contributed by atoms with E-state index in [0.717, 1.165) is 70.5 Å². The van der Waals surface area contributed by atoms with E-state index < -0.39 is 0 Å². The molecule has 6 nitrogen and oxygen atoms in total. The highest BCUT2D eigenvalue weighted by molar-refractivity contribution is 7.09. The third-order valence-corrected chi connectivity index (χ3v) is 7.91. The molecule has 2 aromatic heterocycles. The number of nitrogens with one attached hydrogen (secondary N) is 1. The molecule has 33 heavy (non-hydrogen) atoms. The van der Waals surface area contributed by atoms with Crippen molar-refractivity contribution < 1.29 is 4.79 Å². The molecule has 3 aromatic rings. The van der Waals surface area contributed by atoms with Gasteiger partial charge in [-0.05, 0) is 74.3 Å². The summed E-state index contributed by atoms with van der Waals surface area (Å²) in [4.78, 5) is 34.6. The summed E-state index contributed by atoms with van der Waals surface area (Å²) in [5.41, 5.74) is 1.25. The van der Waals surface area contributed by atoms with Crippen LogP contribution < -0.4 is 10.9 Å². The van der Waals surface area contributed by atoms with Crippen molar-refractivity contribution in [1.82, 2.24) is 19.8 Å². The topological polar surface area (TPSA) is 67.2 Å². The Morgan fingerprint density at radius 2 is 1.94 bits per heavy atom. The molecule has 7 heteroatoms. The number of nitrogens with zero attached hydrogens (tertiary/aromatic N) is 3. The van der Waals surface area contributed by atoms with Crippen LogP contribution in [0, 0.1) is 5.92 Å². The van der Waals surface area contributed by atoms with Gasteiger partial charge in [-0.1, -0.05) is 18.9 Å². The van der Waals surface area contributed by atoms with Gasteiger partial charge in [-0.25, -0.2) is 4.98 Å². The number of hydrogen-bond donors (Lipinski definition) is 1. The van der Waals surface area contributed by atoms with Gasteiger partial charge in [0.2, 0.25) is 0 Å². The molecule has 0 bridgehead atoms. The van der Waals surface area contributed by atoms with Gasteiger partial charge in [0, 0.05) is 36.5 Å². The van der Waals surface area contributed by atoms with Crippen LogP contribution in [-0.2, 0) is 19.5 Å². The number of rotatable bonds is 5. The highest BCUT2D eigenvalue weighted by atomic mass is 32.1. The minimum absolute atomic E-state index is 0.0261. The van der Waals surface area contributed by atoms with Crippen molar-refractivity contribution in [2.45, 2.75) is 58.0 Å². The zero-order valence-corrected chi connectivity index (χ0v) is 19.9. The lowest BCUT2D eigenvalue weighted by atomic mass is 9.96. The maximum absolute atomic E-state index is 13.0. The van der Waals surface area contributed by atoms with Crippen molar-refractivity contribution in [1.29, 1.82) is 0 Å². The number of benzene rings is 1. The number of amides is 1. The molecule has 1 amide bonds. The van der Waals surface area contributed by atoms with Crippen LogP contribution >= 0.6 is 11.3 Å². The largest absolute Gasteiger partial charge is 0.352 e. The molecule has 1 aromatic carbocycles. The van der Waals surface area contributed by atoms with Crippen LogP contribution in [0.2, 0.25) is 0 Å². The molecule has 0 unspecified atom stereocenters. The summed E-state index contributed by atoms with van der Waals surface area (Å²) in [7, 11) is 0. The average molecular weight is 465 g/mol. The number of fused-ring (bicyclic) bond motifs is 2. The number of likely N-dealkylation sites (tertiary alicyclic amines) is 1. The number of carbonyl (C=O) groups excluding carboxylic acids is 1. The van der Waals surface area contributed by atoms with E-state index in [9.17, 15) is 9.59 Å². The van der Waals surface area contributed by atoms with Gasteiger partial charge in [-0.2, -0.15) is 0 Å². The SMILES string of the molecule is O=C(NCC1CCN(Cc2cccs2)CC1)c1ccc2c(=O)n3c(nc2c1)CCCCCC3. The first-order chi connectivity index (χ1) is 16.2. The van der Waals surface area contributed by atoms with E-state index in [4.69, 9.17) is 4.98 Å². The van der Waals surface area contributed by atoms with E-state index in [1.807, 2.05) is 15.9 Å². The molecular formula is C26H32N4O2S. The summed E-state index contributed by atoms with van der Waals surface area (Å²) in [6, 6.07) is 9.63. The average Bonchev–Trinajstić information content (AvgIpc) is 3.32. The van der Waals surface area contributed by atoms with E-state index in [1.54, 1.807) is 18.2 Å². The van der Waals surface area contributed by atoms with Crippen LogP contribution in [0.5, 0.6) is 0 Å². The molecule has 0 aliphatic carbocycles. The van der Waals surface area contributed by atoms with Gasteiger partial charge in [-0.3, -0.25) is 19.1 Å². The number of hydrogen-bond acceptors (Lipinski definition) is 5. The molecular weight excluding hydrogens is 432 g/mol. The third kappa shape index (κ3) is 5.20. The van der Waals surface area contributed by atoms with Crippen molar-refractivity contribution in [2.75, 3.05) is 19.6 Å². The predicted molar refractivity (Wildman–Crippen MR) is 133 cm³/mol. The van der Waals surface area contributed by atoms with E-state index >= 15 is 0 Å². The summed E-state index contributed by atoms with van der Waals surface area (Å²) in [6.45, 7) is 4.63. The molecule has 0 spiro atoms. The molecule has 2 aliphatic rings. The van der Waals surface area contributed by atoms with Gasteiger partial charge in [0.25, 0.3) is 11.5 Å². The third-order valence-electron chi connectivity index (χ3n) is 7.05. The van der Waals surface area contributed by atoms with Gasteiger partial charge >= 0.3 is 0 Å². The minimum Gasteiger partial charge on any atom is -0.352 e. The summed E-state index contributed by atoms with van der Waals surface area (Å²) in [6.07, 6.45) is 7.46. The van der Waals surface area contributed by atoms with Gasteiger partial charge < -0.3 is 5.32 Å².